The summed E-state index contributed by atoms with van der Waals surface area (Å²) in [6.07, 6.45) is -0.677. The third-order valence-electron chi connectivity index (χ3n) is 3.76. The summed E-state index contributed by atoms with van der Waals surface area (Å²) in [5.41, 5.74) is 0.762. The van der Waals surface area contributed by atoms with Crippen molar-refractivity contribution in [1.82, 2.24) is 0 Å². The van der Waals surface area contributed by atoms with Gasteiger partial charge in [0.15, 0.2) is 0 Å². The molecule has 138 valence electrons. The summed E-state index contributed by atoms with van der Waals surface area (Å²) in [6.45, 7) is 1.26. The molecule has 4 nitrogen and oxygen atoms in total. The van der Waals surface area contributed by atoms with Gasteiger partial charge < -0.3 is 9.47 Å². The zero-order valence-electron chi connectivity index (χ0n) is 14.6. The zero-order chi connectivity index (χ0) is 18.9. The van der Waals surface area contributed by atoms with E-state index in [2.05, 4.69) is 0 Å². The Morgan fingerprint density at radius 2 is 1.46 bits per heavy atom. The number of halogens is 1. The van der Waals surface area contributed by atoms with Crippen LogP contribution in [0.3, 0.4) is 0 Å². The van der Waals surface area contributed by atoms with Crippen LogP contribution in [-0.4, -0.2) is 42.3 Å². The first kappa shape index (κ1) is 20.0. The van der Waals surface area contributed by atoms with Crippen molar-refractivity contribution in [3.63, 3.8) is 0 Å². The van der Waals surface area contributed by atoms with Gasteiger partial charge in [0, 0.05) is 0 Å². The maximum absolute atomic E-state index is 14.1. The fraction of sp³-hybridized carbons (Fsp3) is 0.300. The van der Waals surface area contributed by atoms with Crippen LogP contribution in [0.2, 0.25) is 0 Å². The van der Waals surface area contributed by atoms with E-state index in [-0.39, 0.29) is 6.61 Å². The number of rotatable bonds is 8. The summed E-state index contributed by atoms with van der Waals surface area (Å²) in [7, 11) is 0. The van der Waals surface area contributed by atoms with Crippen molar-refractivity contribution in [2.24, 2.45) is 0 Å². The molecule has 6 heteroatoms. The third-order valence-corrected chi connectivity index (χ3v) is 4.77. The number of esters is 2. The second-order valence-corrected chi connectivity index (χ2v) is 6.73. The first-order valence-corrected chi connectivity index (χ1v) is 9.46. The molecule has 0 saturated heterocycles. The van der Waals surface area contributed by atoms with Crippen LogP contribution >= 0.6 is 11.8 Å². The van der Waals surface area contributed by atoms with Crippen LogP contribution < -0.4 is 0 Å². The van der Waals surface area contributed by atoms with Gasteiger partial charge in [0.05, 0.1) is 16.4 Å². The van der Waals surface area contributed by atoms with E-state index in [0.717, 1.165) is 0 Å². The molecule has 0 heterocycles. The van der Waals surface area contributed by atoms with Crippen molar-refractivity contribution < 1.29 is 23.5 Å². The molecule has 2 aromatic carbocycles. The van der Waals surface area contributed by atoms with Crippen molar-refractivity contribution in [1.29, 1.82) is 0 Å². The Kier molecular flexibility index (Phi) is 7.66. The molecule has 0 aromatic heterocycles. The summed E-state index contributed by atoms with van der Waals surface area (Å²) >= 11 is 1.29. The third kappa shape index (κ3) is 5.59. The minimum atomic E-state index is -1.41. The molecule has 0 aliphatic heterocycles. The Bertz CT molecular complexity index is 706. The van der Waals surface area contributed by atoms with E-state index in [9.17, 15) is 14.0 Å². The second-order valence-electron chi connectivity index (χ2n) is 5.65. The summed E-state index contributed by atoms with van der Waals surface area (Å²) < 4.78 is 24.7. The lowest BCUT2D eigenvalue weighted by Crippen LogP contribution is -2.39. The lowest BCUT2D eigenvalue weighted by atomic mass is 10.1. The lowest BCUT2D eigenvalue weighted by Gasteiger charge is -2.26. The van der Waals surface area contributed by atoms with Gasteiger partial charge in [0.1, 0.15) is 18.9 Å². The van der Waals surface area contributed by atoms with E-state index in [1.165, 1.54) is 18.7 Å². The van der Waals surface area contributed by atoms with Crippen molar-refractivity contribution in [3.8, 4) is 0 Å². The first-order valence-electron chi connectivity index (χ1n) is 8.18. The predicted octanol–water partition coefficient (Wildman–Crippen LogP) is 4.16. The first-order chi connectivity index (χ1) is 12.5. The van der Waals surface area contributed by atoms with Gasteiger partial charge in [-0.25, -0.2) is 14.0 Å². The molecule has 0 unspecified atom stereocenters. The number of hydrogen-bond acceptors (Lipinski definition) is 5. The van der Waals surface area contributed by atoms with Crippen LogP contribution in [-0.2, 0) is 9.47 Å². The van der Waals surface area contributed by atoms with Crippen molar-refractivity contribution in [2.75, 3.05) is 12.9 Å². The van der Waals surface area contributed by atoms with Crippen LogP contribution in [0.25, 0.3) is 0 Å². The van der Waals surface area contributed by atoms with Crippen molar-refractivity contribution >= 4 is 23.7 Å². The molecule has 0 N–H and O–H groups in total. The normalized spacial score (nSPS) is 14.1. The van der Waals surface area contributed by atoms with Gasteiger partial charge in [-0.05, 0) is 37.4 Å². The van der Waals surface area contributed by atoms with E-state index in [1.54, 1.807) is 66.9 Å². The maximum Gasteiger partial charge on any atom is 0.338 e. The molecule has 0 amide bonds. The Morgan fingerprint density at radius 1 is 0.962 bits per heavy atom. The highest BCUT2D eigenvalue weighted by atomic mass is 32.2. The Morgan fingerprint density at radius 3 is 1.92 bits per heavy atom. The van der Waals surface area contributed by atoms with Crippen molar-refractivity contribution in [3.05, 3.63) is 71.8 Å². The monoisotopic (exact) mass is 376 g/mol. The average molecular weight is 376 g/mol. The van der Waals surface area contributed by atoms with Gasteiger partial charge in [-0.15, -0.1) is 0 Å². The molecule has 0 bridgehead atoms. The quantitative estimate of drug-likeness (QED) is 0.648. The smallest absolute Gasteiger partial charge is 0.338 e. The van der Waals surface area contributed by atoms with E-state index in [0.29, 0.717) is 11.1 Å². The Hall–Kier alpha value is -2.34. The number of carbonyl (C=O) groups excluding carboxylic acids is 2. The summed E-state index contributed by atoms with van der Waals surface area (Å²) in [5.74, 6) is -1.10. The van der Waals surface area contributed by atoms with Crippen LogP contribution in [0.5, 0.6) is 0 Å². The molecule has 0 saturated carbocycles. The average Bonchev–Trinajstić information content (AvgIpc) is 2.68. The fourth-order valence-electron chi connectivity index (χ4n) is 2.34. The number of thioether (sulfide) groups is 1. The van der Waals surface area contributed by atoms with Crippen molar-refractivity contribution in [2.45, 2.75) is 24.4 Å². The zero-order valence-corrected chi connectivity index (χ0v) is 15.4. The van der Waals surface area contributed by atoms with Crippen LogP contribution in [0.4, 0.5) is 4.39 Å². The SMILES string of the molecule is CS[C@H](COC(=O)c1ccccc1)[C@@H](OC(=O)c1ccccc1)[C@H](C)F. The largest absolute Gasteiger partial charge is 0.461 e. The van der Waals surface area contributed by atoms with E-state index in [4.69, 9.17) is 9.47 Å². The van der Waals surface area contributed by atoms with E-state index >= 15 is 0 Å². The Balaban J connectivity index is 2.01. The number of ether oxygens (including phenoxy) is 2. The maximum atomic E-state index is 14.1. The summed E-state index contributed by atoms with van der Waals surface area (Å²) in [4.78, 5) is 24.3. The van der Waals surface area contributed by atoms with Gasteiger partial charge >= 0.3 is 11.9 Å². The minimum absolute atomic E-state index is 0.0596. The highest BCUT2D eigenvalue weighted by Gasteiger charge is 2.32. The number of carbonyl (C=O) groups is 2. The summed E-state index contributed by atoms with van der Waals surface area (Å²) in [6, 6.07) is 16.9. The predicted molar refractivity (Wildman–Crippen MR) is 100 cm³/mol. The molecule has 0 fully saturated rings. The standard InChI is InChI=1S/C20H21FO4S/c1-14(21)18(25-20(23)16-11-7-4-8-12-16)17(26-2)13-24-19(22)15-9-5-3-6-10-15/h3-12,14,17-18H,13H2,1-2H3/t14-,17+,18-/m0/s1. The Labute approximate surface area is 156 Å². The minimum Gasteiger partial charge on any atom is -0.461 e. The van der Waals surface area contributed by atoms with Gasteiger partial charge in [-0.1, -0.05) is 36.4 Å². The van der Waals surface area contributed by atoms with Gasteiger partial charge in [0.2, 0.25) is 0 Å². The molecule has 3 atom stereocenters. The van der Waals surface area contributed by atoms with Gasteiger partial charge in [-0.2, -0.15) is 11.8 Å². The molecule has 0 aliphatic carbocycles. The molecule has 0 aliphatic rings. The highest BCUT2D eigenvalue weighted by molar-refractivity contribution is 7.99. The van der Waals surface area contributed by atoms with Crippen LogP contribution in [0, 0.1) is 0 Å². The van der Waals surface area contributed by atoms with Crippen LogP contribution in [0.1, 0.15) is 27.6 Å². The molecule has 26 heavy (non-hydrogen) atoms. The van der Waals surface area contributed by atoms with Gasteiger partial charge in [-0.3, -0.25) is 0 Å². The lowest BCUT2D eigenvalue weighted by molar-refractivity contribution is 0.000234. The van der Waals surface area contributed by atoms with Gasteiger partial charge in [0.25, 0.3) is 0 Å². The van der Waals surface area contributed by atoms with Crippen LogP contribution in [0.15, 0.2) is 60.7 Å². The fourth-order valence-corrected chi connectivity index (χ4v) is 3.09. The van der Waals surface area contributed by atoms with E-state index in [1.807, 2.05) is 0 Å². The number of benzene rings is 2. The molecule has 2 aromatic rings. The molecule has 0 spiro atoms. The highest BCUT2D eigenvalue weighted by Crippen LogP contribution is 2.22. The molecular formula is C20H21FO4S. The topological polar surface area (TPSA) is 52.6 Å². The number of alkyl halides is 1. The van der Waals surface area contributed by atoms with E-state index < -0.39 is 29.5 Å². The molecule has 2 rings (SSSR count). The summed E-state index contributed by atoms with van der Waals surface area (Å²) in [5, 5.41) is -0.518. The molecule has 0 radical (unpaired) electrons. The molecular weight excluding hydrogens is 355 g/mol. The second kappa shape index (κ2) is 9.97. The number of hydrogen-bond donors (Lipinski definition) is 0.